The first-order valence-corrected chi connectivity index (χ1v) is 7.35. The van der Waals surface area contributed by atoms with Crippen molar-refractivity contribution in [2.24, 2.45) is 13.0 Å². The summed E-state index contributed by atoms with van der Waals surface area (Å²) in [4.78, 5) is 16.5. The number of carbonyl (C=O) groups excluding carboxylic acids is 1. The molecule has 4 nitrogen and oxygen atoms in total. The Bertz CT molecular complexity index is 584. The smallest absolute Gasteiger partial charge is 0.223 e. The average molecular weight is 273 g/mol. The van der Waals surface area contributed by atoms with Crippen molar-refractivity contribution >= 4 is 16.9 Å². The molecule has 0 unspecified atom stereocenters. The molecule has 1 N–H and O–H groups in total. The van der Waals surface area contributed by atoms with Gasteiger partial charge in [-0.1, -0.05) is 26.0 Å². The molecule has 0 aliphatic heterocycles. The van der Waals surface area contributed by atoms with Crippen molar-refractivity contribution in [1.29, 1.82) is 0 Å². The van der Waals surface area contributed by atoms with Crippen molar-refractivity contribution in [1.82, 2.24) is 14.9 Å². The highest BCUT2D eigenvalue weighted by Crippen LogP contribution is 2.14. The summed E-state index contributed by atoms with van der Waals surface area (Å²) in [5.41, 5.74) is 2.14. The Balaban J connectivity index is 1.96. The predicted octanol–water partition coefficient (Wildman–Crippen LogP) is 2.67. The van der Waals surface area contributed by atoms with Gasteiger partial charge in [-0.3, -0.25) is 4.79 Å². The molecular weight excluding hydrogens is 250 g/mol. The van der Waals surface area contributed by atoms with Gasteiger partial charge >= 0.3 is 0 Å². The number of carbonyl (C=O) groups is 1. The fourth-order valence-corrected chi connectivity index (χ4v) is 2.52. The van der Waals surface area contributed by atoms with Crippen LogP contribution in [0.3, 0.4) is 0 Å². The highest BCUT2D eigenvalue weighted by atomic mass is 16.1. The molecule has 4 heteroatoms. The lowest BCUT2D eigenvalue weighted by Gasteiger charge is -2.12. The lowest BCUT2D eigenvalue weighted by Crippen LogP contribution is -2.32. The van der Waals surface area contributed by atoms with Gasteiger partial charge in [-0.2, -0.15) is 0 Å². The van der Waals surface area contributed by atoms with Crippen LogP contribution in [0.4, 0.5) is 0 Å². The molecule has 1 heterocycles. The molecule has 0 saturated carbocycles. The molecule has 0 radical (unpaired) electrons. The third-order valence-electron chi connectivity index (χ3n) is 3.88. The maximum absolute atomic E-state index is 11.9. The van der Waals surface area contributed by atoms with E-state index in [-0.39, 0.29) is 11.8 Å². The van der Waals surface area contributed by atoms with E-state index in [1.807, 2.05) is 25.2 Å². The van der Waals surface area contributed by atoms with Crippen molar-refractivity contribution < 1.29 is 4.79 Å². The molecule has 108 valence electrons. The van der Waals surface area contributed by atoms with E-state index in [9.17, 15) is 4.79 Å². The van der Waals surface area contributed by atoms with E-state index in [4.69, 9.17) is 0 Å². The van der Waals surface area contributed by atoms with Crippen LogP contribution in [0.1, 0.15) is 32.5 Å². The second-order valence-corrected chi connectivity index (χ2v) is 5.13. The van der Waals surface area contributed by atoms with Crippen LogP contribution in [-0.2, 0) is 18.3 Å². The van der Waals surface area contributed by atoms with Gasteiger partial charge in [0.2, 0.25) is 5.91 Å². The number of imidazole rings is 1. The molecule has 20 heavy (non-hydrogen) atoms. The van der Waals surface area contributed by atoms with Gasteiger partial charge in [0, 0.05) is 25.9 Å². The molecular formula is C16H23N3O. The molecule has 2 aromatic rings. The average Bonchev–Trinajstić information content (AvgIpc) is 2.78. The summed E-state index contributed by atoms with van der Waals surface area (Å²) < 4.78 is 2.10. The number of para-hydroxylation sites is 2. The molecule has 0 saturated heterocycles. The summed E-state index contributed by atoms with van der Waals surface area (Å²) in [5, 5.41) is 3.01. The Morgan fingerprint density at radius 1 is 1.30 bits per heavy atom. The van der Waals surface area contributed by atoms with E-state index in [2.05, 4.69) is 34.8 Å². The van der Waals surface area contributed by atoms with Crippen molar-refractivity contribution in [2.75, 3.05) is 6.54 Å². The highest BCUT2D eigenvalue weighted by Gasteiger charge is 2.13. The molecule has 0 spiro atoms. The van der Waals surface area contributed by atoms with Crippen LogP contribution >= 0.6 is 0 Å². The standard InChI is InChI=1S/C16H23N3O/c1-4-12(5-2)16(20)17-11-10-15-18-13-8-6-7-9-14(13)19(15)3/h6-9,12H,4-5,10-11H2,1-3H3,(H,17,20). The van der Waals surface area contributed by atoms with Crippen LogP contribution in [0, 0.1) is 5.92 Å². The number of fused-ring (bicyclic) bond motifs is 1. The number of aryl methyl sites for hydroxylation is 1. The first-order valence-electron chi connectivity index (χ1n) is 7.35. The van der Waals surface area contributed by atoms with Crippen LogP contribution in [0.2, 0.25) is 0 Å². The molecule has 2 rings (SSSR count). The second-order valence-electron chi connectivity index (χ2n) is 5.13. The third-order valence-corrected chi connectivity index (χ3v) is 3.88. The maximum Gasteiger partial charge on any atom is 0.223 e. The highest BCUT2D eigenvalue weighted by molar-refractivity contribution is 5.78. The van der Waals surface area contributed by atoms with Gasteiger partial charge in [-0.05, 0) is 25.0 Å². The van der Waals surface area contributed by atoms with E-state index in [1.165, 1.54) is 0 Å². The number of aromatic nitrogens is 2. The topological polar surface area (TPSA) is 46.9 Å². The SMILES string of the molecule is CCC(CC)C(=O)NCCc1nc2ccccc2n1C. The van der Waals surface area contributed by atoms with Crippen molar-refractivity contribution in [2.45, 2.75) is 33.1 Å². The van der Waals surface area contributed by atoms with Crippen molar-refractivity contribution in [3.63, 3.8) is 0 Å². The zero-order chi connectivity index (χ0) is 14.5. The van der Waals surface area contributed by atoms with Crippen LogP contribution in [-0.4, -0.2) is 22.0 Å². The first kappa shape index (κ1) is 14.6. The Hall–Kier alpha value is -1.84. The predicted molar refractivity (Wildman–Crippen MR) is 81.5 cm³/mol. The molecule has 1 aromatic heterocycles. The van der Waals surface area contributed by atoms with Gasteiger partial charge in [0.15, 0.2) is 0 Å². The Kier molecular flexibility index (Phi) is 4.77. The number of rotatable bonds is 6. The fraction of sp³-hybridized carbons (Fsp3) is 0.500. The van der Waals surface area contributed by atoms with E-state index in [0.29, 0.717) is 6.54 Å². The van der Waals surface area contributed by atoms with E-state index < -0.39 is 0 Å². The van der Waals surface area contributed by atoms with Gasteiger partial charge in [0.1, 0.15) is 5.82 Å². The van der Waals surface area contributed by atoms with Crippen molar-refractivity contribution in [3.8, 4) is 0 Å². The van der Waals surface area contributed by atoms with Gasteiger partial charge < -0.3 is 9.88 Å². The zero-order valence-corrected chi connectivity index (χ0v) is 12.5. The minimum Gasteiger partial charge on any atom is -0.355 e. The first-order chi connectivity index (χ1) is 9.67. The van der Waals surface area contributed by atoms with Gasteiger partial charge in [-0.25, -0.2) is 4.98 Å². The largest absolute Gasteiger partial charge is 0.355 e. The minimum absolute atomic E-state index is 0.135. The zero-order valence-electron chi connectivity index (χ0n) is 12.5. The molecule has 1 aromatic carbocycles. The summed E-state index contributed by atoms with van der Waals surface area (Å²) in [5.74, 6) is 1.31. The quantitative estimate of drug-likeness (QED) is 0.879. The van der Waals surface area contributed by atoms with Gasteiger partial charge in [0.25, 0.3) is 0 Å². The monoisotopic (exact) mass is 273 g/mol. The summed E-state index contributed by atoms with van der Waals surface area (Å²) in [6, 6.07) is 8.09. The maximum atomic E-state index is 11.9. The summed E-state index contributed by atoms with van der Waals surface area (Å²) in [6.45, 7) is 4.75. The van der Waals surface area contributed by atoms with Crippen molar-refractivity contribution in [3.05, 3.63) is 30.1 Å². The second kappa shape index (κ2) is 6.55. The minimum atomic E-state index is 0.135. The number of hydrogen-bond donors (Lipinski definition) is 1. The van der Waals surface area contributed by atoms with Crippen LogP contribution in [0.25, 0.3) is 11.0 Å². The number of amides is 1. The summed E-state index contributed by atoms with van der Waals surface area (Å²) in [6.07, 6.45) is 2.56. The number of nitrogens with zero attached hydrogens (tertiary/aromatic N) is 2. The van der Waals surface area contributed by atoms with E-state index in [0.717, 1.165) is 36.1 Å². The molecule has 0 aliphatic carbocycles. The Labute approximate surface area is 120 Å². The van der Waals surface area contributed by atoms with Crippen LogP contribution < -0.4 is 5.32 Å². The van der Waals surface area contributed by atoms with E-state index >= 15 is 0 Å². The van der Waals surface area contributed by atoms with Crippen LogP contribution in [0.5, 0.6) is 0 Å². The van der Waals surface area contributed by atoms with Gasteiger partial charge in [0.05, 0.1) is 11.0 Å². The van der Waals surface area contributed by atoms with E-state index in [1.54, 1.807) is 0 Å². The number of benzene rings is 1. The number of hydrogen-bond acceptors (Lipinski definition) is 2. The summed E-state index contributed by atoms with van der Waals surface area (Å²) >= 11 is 0. The normalized spacial score (nSPS) is 11.2. The molecule has 0 fully saturated rings. The fourth-order valence-electron chi connectivity index (χ4n) is 2.52. The third kappa shape index (κ3) is 3.00. The lowest BCUT2D eigenvalue weighted by molar-refractivity contribution is -0.125. The van der Waals surface area contributed by atoms with Crippen LogP contribution in [0.15, 0.2) is 24.3 Å². The molecule has 0 bridgehead atoms. The molecule has 0 aliphatic rings. The molecule has 0 atom stereocenters. The van der Waals surface area contributed by atoms with Gasteiger partial charge in [-0.15, -0.1) is 0 Å². The summed E-state index contributed by atoms with van der Waals surface area (Å²) in [7, 11) is 2.02. The molecule has 1 amide bonds. The Morgan fingerprint density at radius 3 is 2.65 bits per heavy atom. The lowest BCUT2D eigenvalue weighted by atomic mass is 10.0. The number of nitrogens with one attached hydrogen (secondary N) is 1. The Morgan fingerprint density at radius 2 is 2.00 bits per heavy atom.